The Morgan fingerprint density at radius 1 is 1.60 bits per heavy atom. The molecule has 0 aliphatic carbocycles. The van der Waals surface area contributed by atoms with E-state index in [1.807, 2.05) is 10.6 Å². The number of aromatic nitrogens is 1. The summed E-state index contributed by atoms with van der Waals surface area (Å²) in [6, 6.07) is 5.66. The highest BCUT2D eigenvalue weighted by molar-refractivity contribution is 8.61. The van der Waals surface area contributed by atoms with E-state index in [0.29, 0.717) is 11.6 Å². The molecule has 0 spiro atoms. The summed E-state index contributed by atoms with van der Waals surface area (Å²) in [5.74, 6) is 0.594. The van der Waals surface area contributed by atoms with Gasteiger partial charge in [-0.15, -0.1) is 17.9 Å². The molecule has 82 valence electrons. The van der Waals surface area contributed by atoms with Gasteiger partial charge >= 0.3 is 0 Å². The standard InChI is InChI=1S/C9H15NOP4/c1-6-5-10-7(3-2-4-8(10)11)9(6)15(13)14-12/h2-4,6,9,14H,5,12-13H2,1H3/t6-,9-,15?/m1/s1. The second-order valence-corrected chi connectivity index (χ2v) is 13.4. The maximum Gasteiger partial charge on any atom is 0.250 e. The summed E-state index contributed by atoms with van der Waals surface area (Å²) in [5, 5.41) is 0. The third-order valence-electron chi connectivity index (χ3n) is 2.84. The van der Waals surface area contributed by atoms with Gasteiger partial charge in [0.2, 0.25) is 0 Å². The quantitative estimate of drug-likeness (QED) is 0.761. The molecule has 0 radical (unpaired) electrons. The van der Waals surface area contributed by atoms with E-state index in [1.54, 1.807) is 6.07 Å². The smallest absolute Gasteiger partial charge is 0.250 e. The van der Waals surface area contributed by atoms with Gasteiger partial charge in [-0.05, 0) is 12.0 Å². The van der Waals surface area contributed by atoms with Crippen molar-refractivity contribution >= 4 is 33.1 Å². The molecule has 0 aromatic carbocycles. The lowest BCUT2D eigenvalue weighted by molar-refractivity contribution is 0.549. The van der Waals surface area contributed by atoms with Gasteiger partial charge in [0.05, 0.1) is 0 Å². The summed E-state index contributed by atoms with van der Waals surface area (Å²) in [5.41, 5.74) is 1.98. The molecule has 0 saturated heterocycles. The molecule has 0 N–H and O–H groups in total. The molecule has 1 aliphatic rings. The zero-order valence-corrected chi connectivity index (χ0v) is 12.8. The molecular weight excluding hydrogens is 262 g/mol. The molecule has 1 aromatic heterocycles. The maximum absolute atomic E-state index is 11.7. The largest absolute Gasteiger partial charge is 0.312 e. The zero-order valence-electron chi connectivity index (χ0n) is 8.55. The minimum absolute atomic E-state index is 0.0701. The van der Waals surface area contributed by atoms with Gasteiger partial charge in [-0.25, -0.2) is 0 Å². The number of hydrogen-bond donors (Lipinski definition) is 0. The van der Waals surface area contributed by atoms with Gasteiger partial charge in [0.1, 0.15) is 0 Å². The van der Waals surface area contributed by atoms with Crippen molar-refractivity contribution in [1.82, 2.24) is 4.57 Å². The first-order valence-corrected chi connectivity index (χ1v) is 11.5. The van der Waals surface area contributed by atoms with Crippen LogP contribution in [0.4, 0.5) is 0 Å². The van der Waals surface area contributed by atoms with Crippen molar-refractivity contribution in [3.05, 3.63) is 34.2 Å². The fraction of sp³-hybridized carbons (Fsp3) is 0.444. The molecule has 2 nitrogen and oxygen atoms in total. The van der Waals surface area contributed by atoms with Gasteiger partial charge in [0.15, 0.2) is 0 Å². The van der Waals surface area contributed by atoms with Crippen LogP contribution < -0.4 is 5.56 Å². The molecule has 2 rings (SSSR count). The summed E-state index contributed by atoms with van der Waals surface area (Å²) < 4.78 is 1.94. The summed E-state index contributed by atoms with van der Waals surface area (Å²) in [4.78, 5) is 11.7. The van der Waals surface area contributed by atoms with E-state index in [4.69, 9.17) is 0 Å². The first kappa shape index (κ1) is 12.1. The van der Waals surface area contributed by atoms with Crippen molar-refractivity contribution in [2.75, 3.05) is 0 Å². The van der Waals surface area contributed by atoms with Gasteiger partial charge in [-0.2, -0.15) is 0 Å². The Balaban J connectivity index is 2.46. The second-order valence-electron chi connectivity index (χ2n) is 3.86. The minimum atomic E-state index is -0.0701. The fourth-order valence-electron chi connectivity index (χ4n) is 2.17. The number of rotatable bonds is 2. The van der Waals surface area contributed by atoms with Crippen LogP contribution in [0.15, 0.2) is 23.0 Å². The lowest BCUT2D eigenvalue weighted by Crippen LogP contribution is -2.17. The van der Waals surface area contributed by atoms with Gasteiger partial charge in [-0.3, -0.25) is 4.79 Å². The van der Waals surface area contributed by atoms with Crippen LogP contribution in [0, 0.1) is 5.92 Å². The molecule has 0 saturated carbocycles. The monoisotopic (exact) mass is 277 g/mol. The van der Waals surface area contributed by atoms with Crippen LogP contribution >= 0.6 is 33.1 Å². The highest BCUT2D eigenvalue weighted by Gasteiger charge is 2.33. The number of fused-ring (bicyclic) bond motifs is 1. The van der Waals surface area contributed by atoms with Crippen LogP contribution in [0.3, 0.4) is 0 Å². The van der Waals surface area contributed by atoms with Crippen LogP contribution in [-0.2, 0) is 6.54 Å². The van der Waals surface area contributed by atoms with E-state index in [-0.39, 0.29) is 12.9 Å². The maximum atomic E-state index is 11.7. The Kier molecular flexibility index (Phi) is 3.96. The SMILES string of the molecule is C[C@@H]1Cn2c(cccc2=O)[C@@H]1P(P)PP. The van der Waals surface area contributed by atoms with Crippen molar-refractivity contribution in [3.63, 3.8) is 0 Å². The first-order valence-electron chi connectivity index (χ1n) is 4.85. The van der Waals surface area contributed by atoms with E-state index in [0.717, 1.165) is 14.5 Å². The van der Waals surface area contributed by atoms with Crippen molar-refractivity contribution in [2.24, 2.45) is 5.92 Å². The molecule has 6 heteroatoms. The summed E-state index contributed by atoms with van der Waals surface area (Å²) in [7, 11) is 6.64. The summed E-state index contributed by atoms with van der Waals surface area (Å²) in [6.07, 6.45) is 0. The molecule has 0 amide bonds. The van der Waals surface area contributed by atoms with Crippen LogP contribution in [0.2, 0.25) is 0 Å². The molecule has 0 bridgehead atoms. The molecule has 4 unspecified atom stereocenters. The summed E-state index contributed by atoms with van der Waals surface area (Å²) >= 11 is 0. The Hall–Kier alpha value is 0.670. The van der Waals surface area contributed by atoms with Crippen LogP contribution in [0.25, 0.3) is 0 Å². The van der Waals surface area contributed by atoms with Crippen molar-refractivity contribution < 1.29 is 0 Å². The van der Waals surface area contributed by atoms with Gasteiger partial charge in [0.25, 0.3) is 5.56 Å². The lowest BCUT2D eigenvalue weighted by Gasteiger charge is -2.21. The Morgan fingerprint density at radius 3 is 3.00 bits per heavy atom. The third-order valence-corrected chi connectivity index (χ3v) is 13.9. The predicted octanol–water partition coefficient (Wildman–Crippen LogP) is 3.19. The van der Waals surface area contributed by atoms with Gasteiger partial charge < -0.3 is 4.57 Å². The highest BCUT2D eigenvalue weighted by atomic mass is 32.6. The molecule has 2 heterocycles. The fourth-order valence-corrected chi connectivity index (χ4v) is 7.91. The summed E-state index contributed by atoms with van der Waals surface area (Å²) in [6.45, 7) is 3.14. The van der Waals surface area contributed by atoms with Crippen LogP contribution in [0.1, 0.15) is 18.3 Å². The van der Waals surface area contributed by atoms with Gasteiger partial charge in [0, 0.05) is 24.0 Å². The predicted molar refractivity (Wildman–Crippen MR) is 77.3 cm³/mol. The number of pyridine rings is 1. The molecule has 1 aromatic rings. The Morgan fingerprint density at radius 2 is 2.33 bits per heavy atom. The lowest BCUT2D eigenvalue weighted by atomic mass is 10.1. The Labute approximate surface area is 97.2 Å². The number of nitrogens with zero attached hydrogens (tertiary/aromatic N) is 1. The van der Waals surface area contributed by atoms with Gasteiger partial charge in [-0.1, -0.05) is 28.2 Å². The molecular formula is C9H15NOP4. The van der Waals surface area contributed by atoms with E-state index in [1.165, 1.54) is 5.69 Å². The van der Waals surface area contributed by atoms with E-state index >= 15 is 0 Å². The second kappa shape index (κ2) is 4.89. The third kappa shape index (κ3) is 2.21. The average molecular weight is 277 g/mol. The van der Waals surface area contributed by atoms with Crippen LogP contribution in [-0.4, -0.2) is 4.57 Å². The molecule has 15 heavy (non-hydrogen) atoms. The molecule has 6 atom stereocenters. The molecule has 1 aliphatic heterocycles. The number of hydrogen-bond acceptors (Lipinski definition) is 1. The van der Waals surface area contributed by atoms with Crippen LogP contribution in [0.5, 0.6) is 0 Å². The minimum Gasteiger partial charge on any atom is -0.312 e. The van der Waals surface area contributed by atoms with Crippen molar-refractivity contribution in [2.45, 2.75) is 19.1 Å². The van der Waals surface area contributed by atoms with Crippen molar-refractivity contribution in [1.29, 1.82) is 0 Å². The Bertz CT molecular complexity index is 419. The highest BCUT2D eigenvalue weighted by Crippen LogP contribution is 2.76. The topological polar surface area (TPSA) is 22.0 Å². The van der Waals surface area contributed by atoms with E-state index in [2.05, 4.69) is 30.8 Å². The van der Waals surface area contributed by atoms with E-state index < -0.39 is 0 Å². The van der Waals surface area contributed by atoms with Crippen molar-refractivity contribution in [3.8, 4) is 0 Å². The first-order chi connectivity index (χ1) is 7.15. The zero-order chi connectivity index (χ0) is 11.0. The average Bonchev–Trinajstić information content (AvgIpc) is 2.55. The normalized spacial score (nSPS) is 27.1. The molecule has 0 fully saturated rings. The van der Waals surface area contributed by atoms with E-state index in [9.17, 15) is 4.79 Å².